The van der Waals surface area contributed by atoms with Gasteiger partial charge in [-0.05, 0) is 24.6 Å². The van der Waals surface area contributed by atoms with Crippen molar-refractivity contribution in [3.63, 3.8) is 0 Å². The van der Waals surface area contributed by atoms with Crippen molar-refractivity contribution in [1.82, 2.24) is 9.97 Å². The first-order valence-corrected chi connectivity index (χ1v) is 5.95. The summed E-state index contributed by atoms with van der Waals surface area (Å²) < 4.78 is 13.9. The van der Waals surface area contributed by atoms with Gasteiger partial charge < -0.3 is 4.98 Å². The first kappa shape index (κ1) is 12.0. The first-order valence-electron chi connectivity index (χ1n) is 5.16. The molecule has 1 aromatic heterocycles. The third-order valence-electron chi connectivity index (χ3n) is 2.34. The zero-order valence-corrected chi connectivity index (χ0v) is 10.7. The minimum atomic E-state index is -0.368. The molecule has 0 aliphatic carbocycles. The van der Waals surface area contributed by atoms with E-state index in [0.29, 0.717) is 28.0 Å². The molecular weight excluding hydrogens is 287 g/mol. The van der Waals surface area contributed by atoms with Crippen molar-refractivity contribution in [3.8, 4) is 11.4 Å². The number of hydrogen-bond donors (Lipinski definition) is 1. The van der Waals surface area contributed by atoms with Crippen molar-refractivity contribution in [2.75, 3.05) is 0 Å². The third kappa shape index (κ3) is 2.61. The largest absolute Gasteiger partial charge is 0.306 e. The smallest absolute Gasteiger partial charge is 0.251 e. The molecule has 17 heavy (non-hydrogen) atoms. The lowest BCUT2D eigenvalue weighted by Crippen LogP contribution is -2.10. The van der Waals surface area contributed by atoms with Crippen LogP contribution in [0.5, 0.6) is 0 Å². The lowest BCUT2D eigenvalue weighted by atomic mass is 10.2. The van der Waals surface area contributed by atoms with Gasteiger partial charge in [-0.3, -0.25) is 4.79 Å². The van der Waals surface area contributed by atoms with Gasteiger partial charge in [0.15, 0.2) is 0 Å². The summed E-state index contributed by atoms with van der Waals surface area (Å²) in [6.45, 7) is 1.91. The van der Waals surface area contributed by atoms with Crippen LogP contribution < -0.4 is 5.56 Å². The normalized spacial score (nSPS) is 10.5. The van der Waals surface area contributed by atoms with Gasteiger partial charge in [-0.2, -0.15) is 0 Å². The number of benzene rings is 1. The highest BCUT2D eigenvalue weighted by Gasteiger charge is 2.08. The van der Waals surface area contributed by atoms with Crippen LogP contribution in [0.25, 0.3) is 11.4 Å². The summed E-state index contributed by atoms with van der Waals surface area (Å²) in [5.41, 5.74) is 0.986. The van der Waals surface area contributed by atoms with Crippen LogP contribution >= 0.6 is 15.9 Å². The maximum Gasteiger partial charge on any atom is 0.251 e. The number of nitrogens with one attached hydrogen (secondary N) is 1. The molecule has 2 aromatic rings. The summed E-state index contributed by atoms with van der Waals surface area (Å²) in [7, 11) is 0. The molecule has 88 valence electrons. The molecule has 1 aromatic carbocycles. The molecule has 3 nitrogen and oxygen atoms in total. The molecule has 0 atom stereocenters. The Hall–Kier alpha value is -1.49. The number of halogens is 2. The number of rotatable bonds is 2. The van der Waals surface area contributed by atoms with E-state index in [9.17, 15) is 9.18 Å². The quantitative estimate of drug-likeness (QED) is 0.926. The molecule has 0 fully saturated rings. The fourth-order valence-electron chi connectivity index (χ4n) is 1.50. The van der Waals surface area contributed by atoms with Crippen molar-refractivity contribution in [3.05, 3.63) is 50.6 Å². The zero-order chi connectivity index (χ0) is 12.4. The van der Waals surface area contributed by atoms with E-state index < -0.39 is 0 Å². The average molecular weight is 297 g/mol. The average Bonchev–Trinajstić information content (AvgIpc) is 2.31. The minimum absolute atomic E-state index is 0.233. The van der Waals surface area contributed by atoms with Gasteiger partial charge in [-0.15, -0.1) is 0 Å². The summed E-state index contributed by atoms with van der Waals surface area (Å²) >= 11 is 3.31. The molecule has 0 unspecified atom stereocenters. The van der Waals surface area contributed by atoms with Gasteiger partial charge in [-0.1, -0.05) is 22.9 Å². The van der Waals surface area contributed by atoms with Crippen LogP contribution in [0.1, 0.15) is 12.6 Å². The van der Waals surface area contributed by atoms with E-state index in [1.54, 1.807) is 6.07 Å². The van der Waals surface area contributed by atoms with E-state index in [1.165, 1.54) is 18.2 Å². The predicted octanol–water partition coefficient (Wildman–Crippen LogP) is 2.90. The molecule has 0 saturated carbocycles. The van der Waals surface area contributed by atoms with Gasteiger partial charge in [0.2, 0.25) is 0 Å². The number of aromatic amines is 1. The number of H-pyrrole nitrogens is 1. The number of nitrogens with zero attached hydrogens (tertiary/aromatic N) is 1. The van der Waals surface area contributed by atoms with Crippen LogP contribution in [-0.4, -0.2) is 9.97 Å². The molecule has 0 amide bonds. The molecule has 0 aliphatic rings. The van der Waals surface area contributed by atoms with E-state index in [4.69, 9.17) is 0 Å². The third-order valence-corrected chi connectivity index (χ3v) is 3.03. The molecule has 5 heteroatoms. The van der Waals surface area contributed by atoms with E-state index >= 15 is 0 Å². The first-order chi connectivity index (χ1) is 8.10. The molecule has 2 rings (SSSR count). The highest BCUT2D eigenvalue weighted by Crippen LogP contribution is 2.25. The van der Waals surface area contributed by atoms with E-state index in [1.807, 2.05) is 6.92 Å². The van der Waals surface area contributed by atoms with Crippen LogP contribution in [0.2, 0.25) is 0 Å². The standard InChI is InChI=1S/C12H10BrFN2O/c1-2-8-6-11(17)16-12(15-8)9-5-7(14)3-4-10(9)13/h3-6H,2H2,1H3,(H,15,16,17). The van der Waals surface area contributed by atoms with Gasteiger partial charge in [-0.25, -0.2) is 9.37 Å². The van der Waals surface area contributed by atoms with Crippen molar-refractivity contribution in [2.24, 2.45) is 0 Å². The monoisotopic (exact) mass is 296 g/mol. The molecular formula is C12H10BrFN2O. The van der Waals surface area contributed by atoms with Gasteiger partial charge in [0.25, 0.3) is 5.56 Å². The maximum atomic E-state index is 13.2. The predicted molar refractivity (Wildman–Crippen MR) is 67.3 cm³/mol. The minimum Gasteiger partial charge on any atom is -0.306 e. The van der Waals surface area contributed by atoms with E-state index in [2.05, 4.69) is 25.9 Å². The second-order valence-corrected chi connectivity index (χ2v) is 4.42. The topological polar surface area (TPSA) is 45.8 Å². The molecule has 0 spiro atoms. The lowest BCUT2D eigenvalue weighted by Gasteiger charge is -2.05. The fourth-order valence-corrected chi connectivity index (χ4v) is 1.93. The molecule has 0 aliphatic heterocycles. The van der Waals surface area contributed by atoms with Crippen LogP contribution in [0.4, 0.5) is 4.39 Å². The Bertz CT molecular complexity index is 610. The van der Waals surface area contributed by atoms with Crippen molar-refractivity contribution < 1.29 is 4.39 Å². The van der Waals surface area contributed by atoms with Gasteiger partial charge >= 0.3 is 0 Å². The summed E-state index contributed by atoms with van der Waals surface area (Å²) in [6, 6.07) is 5.71. The molecule has 1 heterocycles. The van der Waals surface area contributed by atoms with Crippen LogP contribution in [0.15, 0.2) is 33.5 Å². The van der Waals surface area contributed by atoms with E-state index in [-0.39, 0.29) is 11.4 Å². The van der Waals surface area contributed by atoms with Gasteiger partial charge in [0.1, 0.15) is 11.6 Å². The lowest BCUT2D eigenvalue weighted by molar-refractivity contribution is 0.628. The number of hydrogen-bond acceptors (Lipinski definition) is 2. The molecule has 0 saturated heterocycles. The Morgan fingerprint density at radius 3 is 2.88 bits per heavy atom. The summed E-state index contributed by atoms with van der Waals surface area (Å²) in [4.78, 5) is 18.3. The van der Waals surface area contributed by atoms with Crippen LogP contribution in [0, 0.1) is 5.82 Å². The Kier molecular flexibility index (Phi) is 3.38. The Balaban J connectivity index is 2.63. The summed E-state index contributed by atoms with van der Waals surface area (Å²) in [6.07, 6.45) is 0.657. The van der Waals surface area contributed by atoms with Crippen molar-refractivity contribution in [2.45, 2.75) is 13.3 Å². The Labute approximate surface area is 106 Å². The van der Waals surface area contributed by atoms with Crippen LogP contribution in [-0.2, 0) is 6.42 Å². The highest BCUT2D eigenvalue weighted by molar-refractivity contribution is 9.10. The summed E-state index contributed by atoms with van der Waals surface area (Å²) in [5.74, 6) is 0.00785. The van der Waals surface area contributed by atoms with Crippen LogP contribution in [0.3, 0.4) is 0 Å². The molecule has 0 radical (unpaired) electrons. The molecule has 0 bridgehead atoms. The summed E-state index contributed by atoms with van der Waals surface area (Å²) in [5, 5.41) is 0. The Morgan fingerprint density at radius 1 is 1.41 bits per heavy atom. The van der Waals surface area contributed by atoms with Gasteiger partial charge in [0, 0.05) is 21.8 Å². The number of aryl methyl sites for hydroxylation is 1. The highest BCUT2D eigenvalue weighted by atomic mass is 79.9. The zero-order valence-electron chi connectivity index (χ0n) is 9.13. The van der Waals surface area contributed by atoms with Crippen molar-refractivity contribution in [1.29, 1.82) is 0 Å². The van der Waals surface area contributed by atoms with Gasteiger partial charge in [0.05, 0.1) is 0 Å². The fraction of sp³-hybridized carbons (Fsp3) is 0.167. The SMILES string of the molecule is CCc1cc(=O)[nH]c(-c2cc(F)ccc2Br)n1. The number of aromatic nitrogens is 2. The Morgan fingerprint density at radius 2 is 2.18 bits per heavy atom. The second kappa shape index (κ2) is 4.79. The van der Waals surface area contributed by atoms with Crippen molar-refractivity contribution >= 4 is 15.9 Å². The van der Waals surface area contributed by atoms with E-state index in [0.717, 1.165) is 0 Å². The molecule has 1 N–H and O–H groups in total. The second-order valence-electron chi connectivity index (χ2n) is 3.56. The maximum absolute atomic E-state index is 13.2.